The lowest BCUT2D eigenvalue weighted by molar-refractivity contribution is -0.138. The number of aromatic nitrogens is 3. The van der Waals surface area contributed by atoms with E-state index in [-0.39, 0.29) is 36.2 Å². The van der Waals surface area contributed by atoms with Crippen LogP contribution in [0, 0.1) is 18.7 Å². The van der Waals surface area contributed by atoms with Gasteiger partial charge < -0.3 is 10.2 Å². The van der Waals surface area contributed by atoms with Crippen molar-refractivity contribution in [3.8, 4) is 10.4 Å². The van der Waals surface area contributed by atoms with E-state index in [1.54, 1.807) is 17.0 Å². The molecule has 4 rings (SSSR count). The number of thiazole rings is 1. The Hall–Kier alpha value is -3.08. The molecule has 1 aliphatic heterocycles. The second kappa shape index (κ2) is 9.65. The van der Waals surface area contributed by atoms with Crippen LogP contribution in [0.25, 0.3) is 10.4 Å². The Morgan fingerprint density at radius 2 is 1.88 bits per heavy atom. The summed E-state index contributed by atoms with van der Waals surface area (Å²) in [5, 5.41) is 3.70. The quantitative estimate of drug-likeness (QED) is 0.481. The van der Waals surface area contributed by atoms with Crippen LogP contribution in [0.2, 0.25) is 0 Å². The number of anilines is 1. The van der Waals surface area contributed by atoms with Gasteiger partial charge in [-0.3, -0.25) is 4.79 Å². The number of hydrogen-bond donors (Lipinski definition) is 1. The fraction of sp³-hybridized carbons (Fsp3) is 0.391. The lowest BCUT2D eigenvalue weighted by Gasteiger charge is -2.40. The maximum Gasteiger partial charge on any atom is 0.419 e. The minimum atomic E-state index is -4.51. The first-order valence-corrected chi connectivity index (χ1v) is 11.6. The minimum Gasteiger partial charge on any atom is -0.352 e. The third kappa shape index (κ3) is 5.19. The van der Waals surface area contributed by atoms with Crippen molar-refractivity contribution in [2.45, 2.75) is 38.9 Å². The molecule has 0 bridgehead atoms. The van der Waals surface area contributed by atoms with Crippen LogP contribution in [0.5, 0.6) is 0 Å². The number of nitrogens with zero attached hydrogens (tertiary/aromatic N) is 4. The summed E-state index contributed by atoms with van der Waals surface area (Å²) < 4.78 is 51.7. The first-order chi connectivity index (χ1) is 16.1. The zero-order chi connectivity index (χ0) is 24.5. The van der Waals surface area contributed by atoms with Gasteiger partial charge in [0.25, 0.3) is 5.91 Å². The van der Waals surface area contributed by atoms with Gasteiger partial charge in [0.2, 0.25) is 5.95 Å². The number of benzene rings is 1. The van der Waals surface area contributed by atoms with E-state index in [2.05, 4.69) is 20.3 Å². The standard InChI is InChI=1S/C23H23F4N5OS/c1-13-4-3-9-32(18(13)12-30-22-28-10-16(11-29-22)23(25,26)27)21(33)19-20(34-14(2)31-19)15-5-7-17(24)8-6-15/h5-8,10-11,13,18H,3-4,9,12H2,1-2H3,(H,28,29,30)/t13-,18?/m0/s1. The lowest BCUT2D eigenvalue weighted by atomic mass is 9.90. The Balaban J connectivity index is 1.54. The summed E-state index contributed by atoms with van der Waals surface area (Å²) in [6.45, 7) is 4.66. The van der Waals surface area contributed by atoms with Crippen molar-refractivity contribution in [1.82, 2.24) is 19.9 Å². The van der Waals surface area contributed by atoms with Gasteiger partial charge in [0, 0.05) is 25.5 Å². The molecule has 1 fully saturated rings. The van der Waals surface area contributed by atoms with E-state index in [1.807, 2.05) is 13.8 Å². The van der Waals surface area contributed by atoms with Crippen LogP contribution in [0.3, 0.4) is 0 Å². The first-order valence-electron chi connectivity index (χ1n) is 10.8. The topological polar surface area (TPSA) is 71.0 Å². The average Bonchev–Trinajstić information content (AvgIpc) is 3.19. The SMILES string of the molecule is Cc1nc(C(=O)N2CCC[C@H](C)C2CNc2ncc(C(F)(F)F)cn2)c(-c2ccc(F)cc2)s1. The van der Waals surface area contributed by atoms with Crippen molar-refractivity contribution >= 4 is 23.2 Å². The number of aryl methyl sites for hydroxylation is 1. The Kier molecular flexibility index (Phi) is 6.83. The van der Waals surface area contributed by atoms with Gasteiger partial charge >= 0.3 is 6.18 Å². The fourth-order valence-electron chi connectivity index (χ4n) is 4.08. The van der Waals surface area contributed by atoms with Crippen LogP contribution in [0.15, 0.2) is 36.7 Å². The predicted octanol–water partition coefficient (Wildman–Crippen LogP) is 5.42. The second-order valence-electron chi connectivity index (χ2n) is 8.28. The van der Waals surface area contributed by atoms with Crippen molar-refractivity contribution in [3.63, 3.8) is 0 Å². The number of piperidine rings is 1. The molecule has 2 aromatic heterocycles. The molecule has 0 radical (unpaired) electrons. The summed E-state index contributed by atoms with van der Waals surface area (Å²) in [7, 11) is 0. The number of halogens is 4. The number of carbonyl (C=O) groups excluding carboxylic acids is 1. The van der Waals surface area contributed by atoms with Crippen molar-refractivity contribution in [3.05, 3.63) is 58.7 Å². The summed E-state index contributed by atoms with van der Waals surface area (Å²) >= 11 is 1.37. The Bertz CT molecular complexity index is 1150. The number of amides is 1. The molecule has 0 aliphatic carbocycles. The summed E-state index contributed by atoms with van der Waals surface area (Å²) in [4.78, 5) is 28.0. The molecule has 1 amide bonds. The molecule has 3 heterocycles. The molecule has 3 aromatic rings. The third-order valence-corrected chi connectivity index (χ3v) is 6.89. The van der Waals surface area contributed by atoms with Crippen LogP contribution in [-0.2, 0) is 6.18 Å². The smallest absolute Gasteiger partial charge is 0.352 e. The van der Waals surface area contributed by atoms with Crippen molar-refractivity contribution < 1.29 is 22.4 Å². The molecule has 1 N–H and O–H groups in total. The van der Waals surface area contributed by atoms with Gasteiger partial charge in [-0.1, -0.05) is 19.1 Å². The minimum absolute atomic E-state index is 0.0645. The van der Waals surface area contributed by atoms with E-state index >= 15 is 0 Å². The van der Waals surface area contributed by atoms with E-state index < -0.39 is 11.7 Å². The van der Waals surface area contributed by atoms with E-state index in [1.165, 1.54) is 23.5 Å². The molecule has 6 nitrogen and oxygen atoms in total. The highest BCUT2D eigenvalue weighted by molar-refractivity contribution is 7.15. The zero-order valence-electron chi connectivity index (χ0n) is 18.6. The largest absolute Gasteiger partial charge is 0.419 e. The molecule has 1 saturated heterocycles. The van der Waals surface area contributed by atoms with Crippen molar-refractivity contribution in [2.24, 2.45) is 5.92 Å². The Morgan fingerprint density at radius 3 is 2.53 bits per heavy atom. The van der Waals surface area contributed by atoms with Crippen molar-refractivity contribution in [2.75, 3.05) is 18.4 Å². The van der Waals surface area contributed by atoms with Gasteiger partial charge in [-0.15, -0.1) is 11.3 Å². The van der Waals surface area contributed by atoms with Gasteiger partial charge in [-0.25, -0.2) is 19.3 Å². The van der Waals surface area contributed by atoms with Crippen molar-refractivity contribution in [1.29, 1.82) is 0 Å². The van der Waals surface area contributed by atoms with E-state index in [4.69, 9.17) is 0 Å². The summed E-state index contributed by atoms with van der Waals surface area (Å²) in [5.74, 6) is -0.377. The predicted molar refractivity (Wildman–Crippen MR) is 121 cm³/mol. The number of hydrogen-bond acceptors (Lipinski definition) is 6. The van der Waals surface area contributed by atoms with E-state index in [0.29, 0.717) is 22.7 Å². The summed E-state index contributed by atoms with van der Waals surface area (Å²) in [5.41, 5.74) is 0.111. The molecule has 0 spiro atoms. The Morgan fingerprint density at radius 1 is 1.21 bits per heavy atom. The second-order valence-corrected chi connectivity index (χ2v) is 9.48. The van der Waals surface area contributed by atoms with Crippen LogP contribution >= 0.6 is 11.3 Å². The van der Waals surface area contributed by atoms with Crippen LogP contribution in [0.4, 0.5) is 23.5 Å². The average molecular weight is 494 g/mol. The number of likely N-dealkylation sites (tertiary alicyclic amines) is 1. The monoisotopic (exact) mass is 493 g/mol. The number of nitrogens with one attached hydrogen (secondary N) is 1. The molecular formula is C23H23F4N5OS. The highest BCUT2D eigenvalue weighted by atomic mass is 32.1. The van der Waals surface area contributed by atoms with Crippen LogP contribution in [-0.4, -0.2) is 44.9 Å². The summed E-state index contributed by atoms with van der Waals surface area (Å²) in [6, 6.07) is 5.71. The molecule has 1 aromatic carbocycles. The fourth-order valence-corrected chi connectivity index (χ4v) is 4.99. The molecule has 11 heteroatoms. The zero-order valence-corrected chi connectivity index (χ0v) is 19.4. The van der Waals surface area contributed by atoms with Crippen LogP contribution < -0.4 is 5.32 Å². The first kappa shape index (κ1) is 24.1. The van der Waals surface area contributed by atoms with Gasteiger partial charge in [0.15, 0.2) is 0 Å². The summed E-state index contributed by atoms with van der Waals surface area (Å²) in [6.07, 6.45) is -1.31. The van der Waals surface area contributed by atoms with Gasteiger partial charge in [0.1, 0.15) is 11.5 Å². The maximum atomic E-state index is 13.6. The molecule has 1 aliphatic rings. The molecule has 2 atom stereocenters. The van der Waals surface area contributed by atoms with Gasteiger partial charge in [-0.05, 0) is 43.4 Å². The highest BCUT2D eigenvalue weighted by Gasteiger charge is 2.35. The molecule has 1 unspecified atom stereocenters. The number of alkyl halides is 3. The van der Waals surface area contributed by atoms with E-state index in [0.717, 1.165) is 30.2 Å². The lowest BCUT2D eigenvalue weighted by Crippen LogP contribution is -2.51. The molecular weight excluding hydrogens is 470 g/mol. The number of carbonyl (C=O) groups is 1. The third-order valence-electron chi connectivity index (χ3n) is 5.87. The Labute approximate surface area is 198 Å². The van der Waals surface area contributed by atoms with Gasteiger partial charge in [0.05, 0.1) is 21.5 Å². The maximum absolute atomic E-state index is 13.6. The van der Waals surface area contributed by atoms with Gasteiger partial charge in [-0.2, -0.15) is 13.2 Å². The molecule has 34 heavy (non-hydrogen) atoms. The molecule has 0 saturated carbocycles. The number of rotatable bonds is 5. The van der Waals surface area contributed by atoms with E-state index in [9.17, 15) is 22.4 Å². The van der Waals surface area contributed by atoms with Crippen LogP contribution in [0.1, 0.15) is 40.8 Å². The highest BCUT2D eigenvalue weighted by Crippen LogP contribution is 2.33. The normalized spacial score (nSPS) is 18.7. The molecule has 180 valence electrons.